The largest absolute Gasteiger partial charge is 0.381 e. The third kappa shape index (κ3) is 3.52. The highest BCUT2D eigenvalue weighted by Crippen LogP contribution is 2.41. The van der Waals surface area contributed by atoms with Crippen LogP contribution in [0.15, 0.2) is 0 Å². The average molecular weight is 266 g/mol. The number of ether oxygens (including phenoxy) is 2. The van der Waals surface area contributed by atoms with Crippen molar-refractivity contribution in [2.45, 2.75) is 64.2 Å². The molecule has 2 saturated heterocycles. The van der Waals surface area contributed by atoms with Crippen molar-refractivity contribution in [2.24, 2.45) is 17.3 Å². The molecule has 0 radical (unpaired) electrons. The van der Waals surface area contributed by atoms with E-state index in [9.17, 15) is 0 Å². The molecular weight excluding hydrogens is 236 g/mol. The molecule has 1 spiro atoms. The van der Waals surface area contributed by atoms with Gasteiger partial charge in [-0.2, -0.15) is 0 Å². The summed E-state index contributed by atoms with van der Waals surface area (Å²) in [4.78, 5) is 0. The maximum absolute atomic E-state index is 5.22. The van der Waals surface area contributed by atoms with Crippen LogP contribution in [0.25, 0.3) is 0 Å². The van der Waals surface area contributed by atoms with Crippen molar-refractivity contribution < 1.29 is 9.47 Å². The first-order valence-electron chi connectivity index (χ1n) is 8.54. The van der Waals surface area contributed by atoms with Gasteiger partial charge in [-0.3, -0.25) is 0 Å². The molecule has 0 aromatic rings. The SMILES string of the molecule is C1CCC(C2COC2)CC1.C1CCC2(CC1)COC2. The maximum Gasteiger partial charge on any atom is 0.0544 e. The van der Waals surface area contributed by atoms with Crippen LogP contribution in [0.1, 0.15) is 64.2 Å². The van der Waals surface area contributed by atoms with Gasteiger partial charge in [0.2, 0.25) is 0 Å². The topological polar surface area (TPSA) is 18.5 Å². The Hall–Kier alpha value is -0.0800. The molecule has 0 aromatic heterocycles. The van der Waals surface area contributed by atoms with Crippen LogP contribution in [0.3, 0.4) is 0 Å². The van der Waals surface area contributed by atoms with Crippen molar-refractivity contribution in [1.29, 1.82) is 0 Å². The Kier molecular flexibility index (Phi) is 4.81. The second-order valence-corrected chi connectivity index (χ2v) is 7.25. The van der Waals surface area contributed by atoms with E-state index in [2.05, 4.69) is 0 Å². The summed E-state index contributed by atoms with van der Waals surface area (Å²) >= 11 is 0. The highest BCUT2D eigenvalue weighted by molar-refractivity contribution is 4.87. The van der Waals surface area contributed by atoms with E-state index in [4.69, 9.17) is 9.47 Å². The van der Waals surface area contributed by atoms with Gasteiger partial charge in [-0.05, 0) is 18.8 Å². The summed E-state index contributed by atoms with van der Waals surface area (Å²) in [6, 6.07) is 0. The Labute approximate surface area is 118 Å². The molecule has 2 heteroatoms. The van der Waals surface area contributed by atoms with Crippen LogP contribution < -0.4 is 0 Å². The molecule has 2 nitrogen and oxygen atoms in total. The third-order valence-corrected chi connectivity index (χ3v) is 5.71. The smallest absolute Gasteiger partial charge is 0.0544 e. The molecule has 2 aliphatic heterocycles. The molecule has 2 aliphatic carbocycles. The minimum atomic E-state index is 0.679. The summed E-state index contributed by atoms with van der Waals surface area (Å²) in [7, 11) is 0. The van der Waals surface area contributed by atoms with Crippen molar-refractivity contribution in [3.05, 3.63) is 0 Å². The van der Waals surface area contributed by atoms with E-state index in [0.29, 0.717) is 5.41 Å². The summed E-state index contributed by atoms with van der Waals surface area (Å²) in [5, 5.41) is 0. The molecule has 0 aromatic carbocycles. The summed E-state index contributed by atoms with van der Waals surface area (Å²) in [6.07, 6.45) is 14.6. The van der Waals surface area contributed by atoms with Crippen LogP contribution in [-0.2, 0) is 9.47 Å². The molecule has 2 heterocycles. The lowest BCUT2D eigenvalue weighted by atomic mass is 9.73. The van der Waals surface area contributed by atoms with Gasteiger partial charge in [0.05, 0.1) is 26.4 Å². The molecule has 2 saturated carbocycles. The Morgan fingerprint density at radius 2 is 1.26 bits per heavy atom. The van der Waals surface area contributed by atoms with Gasteiger partial charge in [0, 0.05) is 11.3 Å². The fourth-order valence-corrected chi connectivity index (χ4v) is 4.11. The quantitative estimate of drug-likeness (QED) is 0.709. The van der Waals surface area contributed by atoms with Crippen LogP contribution in [0.5, 0.6) is 0 Å². The summed E-state index contributed by atoms with van der Waals surface area (Å²) in [6.45, 7) is 4.25. The zero-order chi connectivity index (χ0) is 13.0. The van der Waals surface area contributed by atoms with Crippen molar-refractivity contribution in [2.75, 3.05) is 26.4 Å². The fraction of sp³-hybridized carbons (Fsp3) is 1.00. The van der Waals surface area contributed by atoms with Gasteiger partial charge in [-0.15, -0.1) is 0 Å². The lowest BCUT2D eigenvalue weighted by Crippen LogP contribution is -2.43. The highest BCUT2D eigenvalue weighted by Gasteiger charge is 2.38. The first-order valence-corrected chi connectivity index (χ1v) is 8.54. The van der Waals surface area contributed by atoms with Gasteiger partial charge in [-0.25, -0.2) is 0 Å². The van der Waals surface area contributed by atoms with Gasteiger partial charge in [0.15, 0.2) is 0 Å². The summed E-state index contributed by atoms with van der Waals surface area (Å²) < 4.78 is 10.4. The molecule has 0 amide bonds. The van der Waals surface area contributed by atoms with Gasteiger partial charge < -0.3 is 9.47 Å². The zero-order valence-corrected chi connectivity index (χ0v) is 12.4. The van der Waals surface area contributed by atoms with E-state index in [0.717, 1.165) is 38.3 Å². The zero-order valence-electron chi connectivity index (χ0n) is 12.4. The van der Waals surface area contributed by atoms with Crippen LogP contribution in [-0.4, -0.2) is 26.4 Å². The minimum absolute atomic E-state index is 0.679. The highest BCUT2D eigenvalue weighted by atomic mass is 16.5. The Morgan fingerprint density at radius 1 is 0.632 bits per heavy atom. The lowest BCUT2D eigenvalue weighted by molar-refractivity contribution is -0.130. The maximum atomic E-state index is 5.22. The first-order chi connectivity index (χ1) is 9.38. The molecule has 0 atom stereocenters. The van der Waals surface area contributed by atoms with Crippen LogP contribution in [0, 0.1) is 17.3 Å². The number of hydrogen-bond acceptors (Lipinski definition) is 2. The molecule has 19 heavy (non-hydrogen) atoms. The Morgan fingerprint density at radius 3 is 1.68 bits per heavy atom. The van der Waals surface area contributed by atoms with Gasteiger partial charge >= 0.3 is 0 Å². The van der Waals surface area contributed by atoms with Crippen LogP contribution in [0.2, 0.25) is 0 Å². The van der Waals surface area contributed by atoms with Crippen molar-refractivity contribution >= 4 is 0 Å². The molecule has 4 fully saturated rings. The lowest BCUT2D eigenvalue weighted by Gasteiger charge is -2.44. The first kappa shape index (κ1) is 13.9. The van der Waals surface area contributed by atoms with E-state index in [1.54, 1.807) is 0 Å². The van der Waals surface area contributed by atoms with Crippen molar-refractivity contribution in [1.82, 2.24) is 0 Å². The van der Waals surface area contributed by atoms with Crippen LogP contribution >= 0.6 is 0 Å². The van der Waals surface area contributed by atoms with E-state index in [1.807, 2.05) is 0 Å². The third-order valence-electron chi connectivity index (χ3n) is 5.71. The standard InChI is InChI=1S/C9H16O.C8H14O/c1-2-4-8(5-3-1)9-6-10-7-9;1-2-4-8(5-3-1)6-9-7-8/h8-9H,1-7H2;1-7H2. The summed E-state index contributed by atoms with van der Waals surface area (Å²) in [5.41, 5.74) is 0.679. The summed E-state index contributed by atoms with van der Waals surface area (Å²) in [5.74, 6) is 1.97. The molecule has 110 valence electrons. The van der Waals surface area contributed by atoms with Gasteiger partial charge in [0.1, 0.15) is 0 Å². The number of rotatable bonds is 1. The number of hydrogen-bond donors (Lipinski definition) is 0. The monoisotopic (exact) mass is 266 g/mol. The molecule has 0 unspecified atom stereocenters. The Bertz CT molecular complexity index is 254. The van der Waals surface area contributed by atoms with Crippen molar-refractivity contribution in [3.8, 4) is 0 Å². The molecule has 0 bridgehead atoms. The molecule has 4 aliphatic rings. The minimum Gasteiger partial charge on any atom is -0.381 e. The van der Waals surface area contributed by atoms with Gasteiger partial charge in [-0.1, -0.05) is 51.4 Å². The predicted octanol–water partition coefficient (Wildman–Crippen LogP) is 4.18. The Balaban J connectivity index is 0.000000117. The van der Waals surface area contributed by atoms with E-state index >= 15 is 0 Å². The average Bonchev–Trinajstić information content (AvgIpc) is 2.38. The van der Waals surface area contributed by atoms with Gasteiger partial charge in [0.25, 0.3) is 0 Å². The van der Waals surface area contributed by atoms with E-state index < -0.39 is 0 Å². The molecular formula is C17H30O2. The predicted molar refractivity (Wildman–Crippen MR) is 77.2 cm³/mol. The fourth-order valence-electron chi connectivity index (χ4n) is 4.11. The van der Waals surface area contributed by atoms with Crippen molar-refractivity contribution in [3.63, 3.8) is 0 Å². The normalized spacial score (nSPS) is 30.9. The second kappa shape index (κ2) is 6.58. The molecule has 4 rings (SSSR count). The van der Waals surface area contributed by atoms with E-state index in [1.165, 1.54) is 64.2 Å². The molecule has 0 N–H and O–H groups in total. The second-order valence-electron chi connectivity index (χ2n) is 7.25. The van der Waals surface area contributed by atoms with E-state index in [-0.39, 0.29) is 0 Å². The van der Waals surface area contributed by atoms with Crippen LogP contribution in [0.4, 0.5) is 0 Å².